The van der Waals surface area contributed by atoms with Crippen LogP contribution in [0.2, 0.25) is 0 Å². The van der Waals surface area contributed by atoms with Crippen molar-refractivity contribution in [1.82, 2.24) is 4.90 Å². The van der Waals surface area contributed by atoms with E-state index < -0.39 is 10.1 Å². The monoisotopic (exact) mass is 419 g/mol. The summed E-state index contributed by atoms with van der Waals surface area (Å²) in [5.41, 5.74) is 1.32. The van der Waals surface area contributed by atoms with Crippen molar-refractivity contribution >= 4 is 39.7 Å². The van der Waals surface area contributed by atoms with Crippen LogP contribution in [-0.4, -0.2) is 75.2 Å². The zero-order valence-electron chi connectivity index (χ0n) is 17.1. The van der Waals surface area contributed by atoms with Gasteiger partial charge < -0.3 is 9.64 Å². The Hall–Kier alpha value is -0.890. The Morgan fingerprint density at radius 2 is 1.43 bits per heavy atom. The molecule has 0 radical (unpaired) electrons. The number of para-hydroxylation sites is 1. The molecule has 2 aromatic carbocycles. The Morgan fingerprint density at radius 1 is 0.929 bits per heavy atom. The third-order valence-corrected chi connectivity index (χ3v) is 3.97. The summed E-state index contributed by atoms with van der Waals surface area (Å²) in [5.74, 6) is 0.209. The van der Waals surface area contributed by atoms with Crippen LogP contribution >= 0.6 is 0 Å². The van der Waals surface area contributed by atoms with E-state index in [9.17, 15) is 8.42 Å². The van der Waals surface area contributed by atoms with Crippen molar-refractivity contribution in [2.24, 2.45) is 0 Å². The molecular weight excluding hydrogens is 385 g/mol. The molecule has 1 N–H and O–H groups in total. The van der Waals surface area contributed by atoms with Crippen LogP contribution in [-0.2, 0) is 10.1 Å². The minimum absolute atomic E-state index is 0. The molecule has 0 saturated heterocycles. The molecule has 0 unspecified atom stereocenters. The van der Waals surface area contributed by atoms with Gasteiger partial charge in [-0.05, 0) is 46.6 Å². The molecule has 0 aromatic heterocycles. The van der Waals surface area contributed by atoms with Gasteiger partial charge in [0.15, 0.2) is 0 Å². The molecule has 5 nitrogen and oxygen atoms in total. The van der Waals surface area contributed by atoms with E-state index in [0.29, 0.717) is 6.61 Å². The first-order valence-electron chi connectivity index (χ1n) is 9.00. The molecule has 0 bridgehead atoms. The van der Waals surface area contributed by atoms with Crippen molar-refractivity contribution in [2.75, 3.05) is 27.7 Å². The van der Waals surface area contributed by atoms with Gasteiger partial charge in [0, 0.05) is 0 Å². The SMILES string of the molecule is CCCCCOc1ccccc1S(=O)(=O)O.CN(C)C.Cc1ccccc1.[NaH]. The zero-order valence-corrected chi connectivity index (χ0v) is 17.9. The first kappa shape index (κ1) is 29.3. The van der Waals surface area contributed by atoms with Gasteiger partial charge in [0.05, 0.1) is 6.61 Å². The molecule has 0 aliphatic rings. The third kappa shape index (κ3) is 16.1. The molecule has 0 aliphatic carbocycles. The van der Waals surface area contributed by atoms with E-state index in [-0.39, 0.29) is 40.2 Å². The van der Waals surface area contributed by atoms with Crippen LogP contribution in [0, 0.1) is 6.92 Å². The first-order chi connectivity index (χ1) is 12.7. The Balaban J connectivity index is 0. The molecule has 0 fully saturated rings. The van der Waals surface area contributed by atoms with Gasteiger partial charge in [0.2, 0.25) is 0 Å². The average molecular weight is 420 g/mol. The van der Waals surface area contributed by atoms with E-state index in [0.717, 1.165) is 19.3 Å². The van der Waals surface area contributed by atoms with Crippen molar-refractivity contribution in [3.8, 4) is 5.75 Å². The topological polar surface area (TPSA) is 66.8 Å². The fraction of sp³-hybridized carbons (Fsp3) is 0.429. The van der Waals surface area contributed by atoms with E-state index in [4.69, 9.17) is 9.29 Å². The second-order valence-electron chi connectivity index (χ2n) is 6.47. The van der Waals surface area contributed by atoms with Gasteiger partial charge in [-0.15, -0.1) is 0 Å². The molecule has 0 saturated carbocycles. The standard InChI is InChI=1S/C11H16O4S.C7H8.C3H9N.Na.H/c1-2-3-6-9-15-10-7-4-5-8-11(10)16(12,13)14;1-7-5-3-2-4-6-7;1-4(2)3;;/h4-5,7-8H,2-3,6,9H2,1H3,(H,12,13,14);2-6H,1H3;1-3H3;;. The number of aryl methyl sites for hydroxylation is 1. The number of ether oxygens (including phenoxy) is 1. The van der Waals surface area contributed by atoms with Crippen molar-refractivity contribution < 1.29 is 17.7 Å². The number of rotatable bonds is 6. The van der Waals surface area contributed by atoms with Gasteiger partial charge >= 0.3 is 29.6 Å². The second kappa shape index (κ2) is 17.0. The number of unbranched alkanes of at least 4 members (excludes halogenated alkanes) is 2. The average Bonchev–Trinajstić information content (AvgIpc) is 2.59. The van der Waals surface area contributed by atoms with Crippen molar-refractivity contribution in [2.45, 2.75) is 38.0 Å². The van der Waals surface area contributed by atoms with Crippen LogP contribution < -0.4 is 4.74 Å². The number of hydrogen-bond donors (Lipinski definition) is 1. The van der Waals surface area contributed by atoms with Gasteiger partial charge in [-0.2, -0.15) is 8.42 Å². The van der Waals surface area contributed by atoms with Crippen LogP contribution in [0.25, 0.3) is 0 Å². The number of benzene rings is 2. The summed E-state index contributed by atoms with van der Waals surface area (Å²) in [6.07, 6.45) is 2.98. The van der Waals surface area contributed by atoms with Gasteiger partial charge in [-0.25, -0.2) is 0 Å². The summed E-state index contributed by atoms with van der Waals surface area (Å²) < 4.78 is 36.3. The zero-order chi connectivity index (χ0) is 20.7. The summed E-state index contributed by atoms with van der Waals surface area (Å²) in [4.78, 5) is 1.83. The van der Waals surface area contributed by atoms with Crippen LogP contribution in [0.15, 0.2) is 59.5 Å². The van der Waals surface area contributed by atoms with Crippen molar-refractivity contribution in [3.63, 3.8) is 0 Å². The van der Waals surface area contributed by atoms with Crippen LogP contribution in [0.4, 0.5) is 0 Å². The third-order valence-electron chi connectivity index (χ3n) is 3.07. The Morgan fingerprint density at radius 3 is 1.86 bits per heavy atom. The molecule has 0 heterocycles. The van der Waals surface area contributed by atoms with E-state index in [1.54, 1.807) is 12.1 Å². The van der Waals surface area contributed by atoms with Gasteiger partial charge in [-0.1, -0.05) is 67.8 Å². The summed E-state index contributed by atoms with van der Waals surface area (Å²) in [5, 5.41) is 0. The van der Waals surface area contributed by atoms with E-state index in [1.807, 2.05) is 44.2 Å². The predicted molar refractivity (Wildman–Crippen MR) is 119 cm³/mol. The molecule has 0 spiro atoms. The molecule has 28 heavy (non-hydrogen) atoms. The van der Waals surface area contributed by atoms with Crippen LogP contribution in [0.3, 0.4) is 0 Å². The summed E-state index contributed by atoms with van der Waals surface area (Å²) in [6.45, 7) is 4.62. The summed E-state index contributed by atoms with van der Waals surface area (Å²) >= 11 is 0. The minimum atomic E-state index is -4.20. The normalized spacial score (nSPS) is 9.96. The first-order valence-corrected chi connectivity index (χ1v) is 10.4. The molecule has 0 amide bonds. The molecule has 2 rings (SSSR count). The van der Waals surface area contributed by atoms with Gasteiger partial charge in [-0.3, -0.25) is 4.55 Å². The van der Waals surface area contributed by atoms with Gasteiger partial charge in [0.1, 0.15) is 10.6 Å². The molecule has 154 valence electrons. The summed E-state index contributed by atoms with van der Waals surface area (Å²) in [7, 11) is 1.80. The van der Waals surface area contributed by atoms with Crippen molar-refractivity contribution in [1.29, 1.82) is 0 Å². The van der Waals surface area contributed by atoms with Crippen molar-refractivity contribution in [3.05, 3.63) is 60.2 Å². The quantitative estimate of drug-likeness (QED) is 0.435. The maximum absolute atomic E-state index is 11.0. The van der Waals surface area contributed by atoms with E-state index in [1.165, 1.54) is 17.7 Å². The molecular formula is C21H34NNaO4S. The van der Waals surface area contributed by atoms with E-state index in [2.05, 4.69) is 26.0 Å². The van der Waals surface area contributed by atoms with E-state index >= 15 is 0 Å². The Labute approximate surface area is 193 Å². The maximum atomic E-state index is 11.0. The fourth-order valence-electron chi connectivity index (χ4n) is 1.85. The Bertz CT molecular complexity index is 719. The molecule has 7 heteroatoms. The molecule has 0 aliphatic heterocycles. The fourth-order valence-corrected chi connectivity index (χ4v) is 2.48. The van der Waals surface area contributed by atoms with Gasteiger partial charge in [0.25, 0.3) is 10.1 Å². The molecule has 0 atom stereocenters. The van der Waals surface area contributed by atoms with Crippen LogP contribution in [0.5, 0.6) is 5.75 Å². The van der Waals surface area contributed by atoms with Crippen LogP contribution in [0.1, 0.15) is 31.7 Å². The number of hydrogen-bond acceptors (Lipinski definition) is 4. The predicted octanol–water partition coefficient (Wildman–Crippen LogP) is 4.03. The Kier molecular flexibility index (Phi) is 17.8. The summed E-state index contributed by atoms with van der Waals surface area (Å²) in [6, 6.07) is 16.3. The number of nitrogens with zero attached hydrogens (tertiary/aromatic N) is 1. The molecule has 2 aromatic rings. The second-order valence-corrected chi connectivity index (χ2v) is 7.86.